The molecule has 0 bridgehead atoms. The number of benzene rings is 1. The molecule has 1 N–H and O–H groups in total. The number of aryl methyl sites for hydroxylation is 1. The molecule has 112 valence electrons. The smallest absolute Gasteiger partial charge is 0.212 e. The molecule has 1 atom stereocenters. The quantitative estimate of drug-likeness (QED) is 0.855. The SMILES string of the molecule is CCC(NS(=O)(=O)CCc1ccccn1)c1ccccc1. The normalized spacial score (nSPS) is 13.0. The second kappa shape index (κ2) is 7.33. The lowest BCUT2D eigenvalue weighted by molar-refractivity contribution is 0.549. The zero-order valence-corrected chi connectivity index (χ0v) is 12.9. The van der Waals surface area contributed by atoms with Gasteiger partial charge >= 0.3 is 0 Å². The van der Waals surface area contributed by atoms with E-state index in [4.69, 9.17) is 0 Å². The van der Waals surface area contributed by atoms with Crippen molar-refractivity contribution in [2.45, 2.75) is 25.8 Å². The van der Waals surface area contributed by atoms with Crippen LogP contribution in [0.2, 0.25) is 0 Å². The van der Waals surface area contributed by atoms with Crippen molar-refractivity contribution in [3.05, 3.63) is 66.0 Å². The third-order valence-electron chi connectivity index (χ3n) is 3.29. The Labute approximate surface area is 126 Å². The van der Waals surface area contributed by atoms with Gasteiger partial charge in [-0.3, -0.25) is 4.98 Å². The van der Waals surface area contributed by atoms with Crippen molar-refractivity contribution < 1.29 is 8.42 Å². The van der Waals surface area contributed by atoms with Gasteiger partial charge in [-0.15, -0.1) is 0 Å². The molecule has 0 aliphatic carbocycles. The van der Waals surface area contributed by atoms with E-state index in [-0.39, 0.29) is 11.8 Å². The van der Waals surface area contributed by atoms with Gasteiger partial charge < -0.3 is 0 Å². The number of hydrogen-bond donors (Lipinski definition) is 1. The van der Waals surface area contributed by atoms with E-state index in [1.165, 1.54) is 0 Å². The molecule has 0 saturated heterocycles. The molecule has 0 spiro atoms. The summed E-state index contributed by atoms with van der Waals surface area (Å²) in [7, 11) is -3.33. The first-order valence-corrected chi connectivity index (χ1v) is 8.71. The molecule has 2 aromatic rings. The largest absolute Gasteiger partial charge is 0.261 e. The summed E-state index contributed by atoms with van der Waals surface area (Å²) in [6, 6.07) is 15.0. The van der Waals surface area contributed by atoms with Crippen LogP contribution in [0.4, 0.5) is 0 Å². The molecular formula is C16H20N2O2S. The molecule has 0 aliphatic heterocycles. The van der Waals surface area contributed by atoms with E-state index in [9.17, 15) is 8.42 Å². The van der Waals surface area contributed by atoms with Crippen molar-refractivity contribution in [1.82, 2.24) is 9.71 Å². The van der Waals surface area contributed by atoms with Gasteiger partial charge in [-0.25, -0.2) is 13.1 Å². The first-order valence-electron chi connectivity index (χ1n) is 7.05. The van der Waals surface area contributed by atoms with E-state index in [1.54, 1.807) is 6.20 Å². The van der Waals surface area contributed by atoms with Gasteiger partial charge in [0, 0.05) is 24.4 Å². The monoisotopic (exact) mass is 304 g/mol. The Morgan fingerprint density at radius 3 is 2.43 bits per heavy atom. The van der Waals surface area contributed by atoms with Gasteiger partial charge in [-0.05, 0) is 24.1 Å². The Balaban J connectivity index is 1.99. The van der Waals surface area contributed by atoms with Crippen LogP contribution in [0.1, 0.15) is 30.6 Å². The van der Waals surface area contributed by atoms with Gasteiger partial charge in [0.25, 0.3) is 0 Å². The Morgan fingerprint density at radius 1 is 1.10 bits per heavy atom. The second-order valence-corrected chi connectivity index (χ2v) is 6.75. The van der Waals surface area contributed by atoms with Crippen LogP contribution in [0.5, 0.6) is 0 Å². The van der Waals surface area contributed by atoms with E-state index < -0.39 is 10.0 Å². The van der Waals surface area contributed by atoms with Crippen LogP contribution in [0.15, 0.2) is 54.7 Å². The van der Waals surface area contributed by atoms with Gasteiger partial charge in [0.2, 0.25) is 10.0 Å². The third kappa shape index (κ3) is 4.95. The minimum absolute atomic E-state index is 0.0490. The highest BCUT2D eigenvalue weighted by Gasteiger charge is 2.18. The molecule has 0 saturated carbocycles. The van der Waals surface area contributed by atoms with Crippen LogP contribution in [0.3, 0.4) is 0 Å². The summed E-state index contributed by atoms with van der Waals surface area (Å²) in [6.45, 7) is 1.97. The molecule has 4 nitrogen and oxygen atoms in total. The summed E-state index contributed by atoms with van der Waals surface area (Å²) < 4.78 is 27.2. The fourth-order valence-corrected chi connectivity index (χ4v) is 3.46. The average molecular weight is 304 g/mol. The van der Waals surface area contributed by atoms with E-state index in [1.807, 2.05) is 55.5 Å². The minimum atomic E-state index is -3.33. The molecule has 2 rings (SSSR count). The van der Waals surface area contributed by atoms with Crippen LogP contribution in [0.25, 0.3) is 0 Å². The zero-order chi connectivity index (χ0) is 15.1. The molecule has 1 aromatic heterocycles. The van der Waals surface area contributed by atoms with E-state index in [2.05, 4.69) is 9.71 Å². The molecule has 0 radical (unpaired) electrons. The topological polar surface area (TPSA) is 59.1 Å². The first kappa shape index (κ1) is 15.7. The Kier molecular flexibility index (Phi) is 5.47. The Morgan fingerprint density at radius 2 is 1.81 bits per heavy atom. The lowest BCUT2D eigenvalue weighted by Crippen LogP contribution is -2.31. The van der Waals surface area contributed by atoms with Gasteiger partial charge in [0.1, 0.15) is 0 Å². The predicted molar refractivity (Wildman–Crippen MR) is 84.3 cm³/mol. The van der Waals surface area contributed by atoms with E-state index in [0.29, 0.717) is 12.8 Å². The summed E-state index contributed by atoms with van der Waals surface area (Å²) in [6.07, 6.45) is 2.81. The molecule has 0 fully saturated rings. The number of nitrogens with zero attached hydrogens (tertiary/aromatic N) is 1. The number of sulfonamides is 1. The van der Waals surface area contributed by atoms with Crippen molar-refractivity contribution >= 4 is 10.0 Å². The number of hydrogen-bond acceptors (Lipinski definition) is 3. The highest BCUT2D eigenvalue weighted by molar-refractivity contribution is 7.89. The number of rotatable bonds is 7. The highest BCUT2D eigenvalue weighted by atomic mass is 32.2. The maximum absolute atomic E-state index is 12.2. The van der Waals surface area contributed by atoms with Gasteiger partial charge in [-0.1, -0.05) is 43.3 Å². The number of pyridine rings is 1. The lowest BCUT2D eigenvalue weighted by atomic mass is 10.1. The highest BCUT2D eigenvalue weighted by Crippen LogP contribution is 2.17. The molecule has 1 unspecified atom stereocenters. The Bertz CT molecular complexity index is 642. The van der Waals surface area contributed by atoms with Gasteiger partial charge in [0.15, 0.2) is 0 Å². The fourth-order valence-electron chi connectivity index (χ4n) is 2.13. The van der Waals surface area contributed by atoms with Crippen LogP contribution in [0, 0.1) is 0 Å². The van der Waals surface area contributed by atoms with Crippen molar-refractivity contribution in [2.24, 2.45) is 0 Å². The maximum Gasteiger partial charge on any atom is 0.212 e. The molecule has 0 amide bonds. The number of nitrogens with one attached hydrogen (secondary N) is 1. The molecule has 21 heavy (non-hydrogen) atoms. The van der Waals surface area contributed by atoms with E-state index in [0.717, 1.165) is 11.3 Å². The number of aromatic nitrogens is 1. The maximum atomic E-state index is 12.2. The third-order valence-corrected chi connectivity index (χ3v) is 4.67. The minimum Gasteiger partial charge on any atom is -0.261 e. The molecule has 5 heteroatoms. The average Bonchev–Trinajstić information content (AvgIpc) is 2.53. The summed E-state index contributed by atoms with van der Waals surface area (Å²) in [5, 5.41) is 0. The first-order chi connectivity index (χ1) is 10.1. The Hall–Kier alpha value is -1.72. The van der Waals surface area contributed by atoms with Crippen LogP contribution < -0.4 is 4.72 Å². The summed E-state index contributed by atoms with van der Waals surface area (Å²) >= 11 is 0. The van der Waals surface area contributed by atoms with Crippen molar-refractivity contribution in [1.29, 1.82) is 0 Å². The van der Waals surface area contributed by atoms with E-state index >= 15 is 0 Å². The second-order valence-electron chi connectivity index (χ2n) is 4.88. The summed E-state index contributed by atoms with van der Waals surface area (Å²) in [5.41, 5.74) is 1.78. The molecule has 1 aromatic carbocycles. The van der Waals surface area contributed by atoms with Crippen molar-refractivity contribution in [3.63, 3.8) is 0 Å². The van der Waals surface area contributed by atoms with Crippen molar-refractivity contribution in [2.75, 3.05) is 5.75 Å². The molecule has 0 aliphatic rings. The predicted octanol–water partition coefficient (Wildman–Crippen LogP) is 2.69. The fraction of sp³-hybridized carbons (Fsp3) is 0.312. The molecular weight excluding hydrogens is 284 g/mol. The standard InChI is InChI=1S/C16H20N2O2S/c1-2-16(14-8-4-3-5-9-14)18-21(19,20)13-11-15-10-6-7-12-17-15/h3-10,12,16,18H,2,11,13H2,1H3. The van der Waals surface area contributed by atoms with Gasteiger partial charge in [0.05, 0.1) is 5.75 Å². The van der Waals surface area contributed by atoms with Gasteiger partial charge in [-0.2, -0.15) is 0 Å². The summed E-state index contributed by atoms with van der Waals surface area (Å²) in [5.74, 6) is 0.0490. The molecule has 1 heterocycles. The van der Waals surface area contributed by atoms with Crippen molar-refractivity contribution in [3.8, 4) is 0 Å². The van der Waals surface area contributed by atoms with Crippen LogP contribution in [-0.2, 0) is 16.4 Å². The van der Waals surface area contributed by atoms with Crippen LogP contribution >= 0.6 is 0 Å². The zero-order valence-electron chi connectivity index (χ0n) is 12.1. The van der Waals surface area contributed by atoms with Crippen LogP contribution in [-0.4, -0.2) is 19.2 Å². The summed E-state index contributed by atoms with van der Waals surface area (Å²) in [4.78, 5) is 4.15. The lowest BCUT2D eigenvalue weighted by Gasteiger charge is -2.17.